The second kappa shape index (κ2) is 14.4. The van der Waals surface area contributed by atoms with Gasteiger partial charge in [-0.05, 0) is 72.7 Å². The van der Waals surface area contributed by atoms with Crippen LogP contribution < -0.4 is 5.73 Å². The normalized spacial score (nSPS) is 21.6. The highest BCUT2D eigenvalue weighted by Crippen LogP contribution is 2.56. The molecule has 3 aromatic carbocycles. The second-order valence-electron chi connectivity index (χ2n) is 13.1. The van der Waals surface area contributed by atoms with Crippen LogP contribution >= 0.6 is 23.2 Å². The molecule has 48 heavy (non-hydrogen) atoms. The maximum absolute atomic E-state index is 16.1. The van der Waals surface area contributed by atoms with Crippen molar-refractivity contribution in [3.8, 4) is 6.07 Å². The first-order valence-corrected chi connectivity index (χ1v) is 15.9. The van der Waals surface area contributed by atoms with Gasteiger partial charge in [0.1, 0.15) is 23.7 Å². The molecule has 1 aliphatic rings. The Balaban J connectivity index is 1.94. The third-order valence-electron chi connectivity index (χ3n) is 8.65. The van der Waals surface area contributed by atoms with Crippen LogP contribution in [0.25, 0.3) is 0 Å². The largest absolute Gasteiger partial charge is 0.490 e. The zero-order valence-electron chi connectivity index (χ0n) is 26.4. The average molecular weight is 711 g/mol. The number of esters is 1. The molecule has 1 heterocycles. The highest BCUT2D eigenvalue weighted by Gasteiger charge is 2.63. The van der Waals surface area contributed by atoms with Crippen LogP contribution in [0.2, 0.25) is 10.0 Å². The van der Waals surface area contributed by atoms with Gasteiger partial charge in [-0.15, -0.1) is 0 Å². The Kier molecular flexibility index (Phi) is 11.1. The predicted molar refractivity (Wildman–Crippen MR) is 172 cm³/mol. The summed E-state index contributed by atoms with van der Waals surface area (Å²) in [5.41, 5.74) is 3.74. The fraction of sp³-hybridized carbons (Fsp3) is 0.400. The number of aryl methyl sites for hydroxylation is 1. The van der Waals surface area contributed by atoms with E-state index in [0.29, 0.717) is 18.4 Å². The Morgan fingerprint density at radius 3 is 2.27 bits per heavy atom. The quantitative estimate of drug-likeness (QED) is 0.169. The van der Waals surface area contributed by atoms with Gasteiger partial charge in [0, 0.05) is 28.1 Å². The lowest BCUT2D eigenvalue weighted by Crippen LogP contribution is -2.47. The third kappa shape index (κ3) is 7.77. The van der Waals surface area contributed by atoms with Crippen molar-refractivity contribution in [1.82, 2.24) is 4.90 Å². The number of nitriles is 1. The number of ether oxygens (including phenoxy) is 1. The minimum absolute atomic E-state index is 0.0371. The van der Waals surface area contributed by atoms with Crippen molar-refractivity contribution in [1.29, 1.82) is 5.26 Å². The molecule has 0 aliphatic carbocycles. The molecule has 0 unspecified atom stereocenters. The van der Waals surface area contributed by atoms with Gasteiger partial charge >= 0.3 is 12.1 Å². The number of nitrogens with zero attached hydrogens (tertiary/aromatic N) is 2. The number of hydrogen-bond donors (Lipinski definition) is 1. The van der Waals surface area contributed by atoms with Crippen LogP contribution in [0.4, 0.5) is 22.0 Å². The van der Waals surface area contributed by atoms with Gasteiger partial charge < -0.3 is 10.5 Å². The highest BCUT2D eigenvalue weighted by atomic mass is 35.5. The van der Waals surface area contributed by atoms with Gasteiger partial charge in [0.05, 0.1) is 17.1 Å². The van der Waals surface area contributed by atoms with Crippen LogP contribution in [-0.4, -0.2) is 48.2 Å². The van der Waals surface area contributed by atoms with Gasteiger partial charge in [-0.3, -0.25) is 9.69 Å². The Labute approximate surface area is 285 Å². The minimum atomic E-state index is -5.32. The molecule has 1 fully saturated rings. The standard InChI is InChI=1S/C35H34Cl2F5N3O3/c1-33(2,3)17-28-34(19-43,24-14-13-22(36)16-26(24)38)29(23-7-4-8-25(37)30(23)39)27(18-48-32(47)35(40,41)42)45(28)15-5-6-20-9-11-21(12-10-20)31(44)46/h4,7-14,16,27-29H,5-6,15,17-18H2,1-3H3,(H2,44,46)/t27-,28-,29-,34-/m0/s1. The molecule has 1 saturated heterocycles. The Hall–Kier alpha value is -3.72. The van der Waals surface area contributed by atoms with E-state index in [1.807, 2.05) is 20.8 Å². The maximum atomic E-state index is 16.1. The van der Waals surface area contributed by atoms with E-state index in [9.17, 15) is 28.0 Å². The Bertz CT molecular complexity index is 1710. The zero-order chi connectivity index (χ0) is 35.6. The van der Waals surface area contributed by atoms with E-state index in [-0.39, 0.29) is 34.1 Å². The molecule has 4 atom stereocenters. The summed E-state index contributed by atoms with van der Waals surface area (Å²) in [5.74, 6) is -6.21. The summed E-state index contributed by atoms with van der Waals surface area (Å²) >= 11 is 12.3. The van der Waals surface area contributed by atoms with Crippen LogP contribution in [0.1, 0.15) is 66.6 Å². The topological polar surface area (TPSA) is 96.4 Å². The smallest absolute Gasteiger partial charge is 0.457 e. The number of halogens is 7. The van der Waals surface area contributed by atoms with Crippen molar-refractivity contribution in [3.63, 3.8) is 0 Å². The number of primary amides is 1. The molecule has 1 aliphatic heterocycles. The van der Waals surface area contributed by atoms with Crippen molar-refractivity contribution < 1.29 is 36.3 Å². The van der Waals surface area contributed by atoms with Crippen molar-refractivity contribution in [2.75, 3.05) is 13.2 Å². The van der Waals surface area contributed by atoms with Gasteiger partial charge in [0.15, 0.2) is 0 Å². The molecule has 1 amide bonds. The van der Waals surface area contributed by atoms with Crippen molar-refractivity contribution in [2.24, 2.45) is 11.1 Å². The summed E-state index contributed by atoms with van der Waals surface area (Å²) in [5, 5.41) is 10.9. The fourth-order valence-electron chi connectivity index (χ4n) is 6.70. The zero-order valence-corrected chi connectivity index (χ0v) is 27.9. The Morgan fingerprint density at radius 2 is 1.71 bits per heavy atom. The molecule has 6 nitrogen and oxygen atoms in total. The van der Waals surface area contributed by atoms with E-state index in [4.69, 9.17) is 33.7 Å². The molecule has 2 N–H and O–H groups in total. The van der Waals surface area contributed by atoms with Gasteiger partial charge in [-0.2, -0.15) is 18.4 Å². The van der Waals surface area contributed by atoms with Gasteiger partial charge in [-0.1, -0.05) is 74.3 Å². The number of amides is 1. The van der Waals surface area contributed by atoms with Crippen LogP contribution in [0.3, 0.4) is 0 Å². The molecular weight excluding hydrogens is 676 g/mol. The third-order valence-corrected chi connectivity index (χ3v) is 9.18. The summed E-state index contributed by atoms with van der Waals surface area (Å²) in [4.78, 5) is 25.3. The molecule has 256 valence electrons. The molecule has 3 aromatic rings. The number of benzene rings is 3. The minimum Gasteiger partial charge on any atom is -0.457 e. The summed E-state index contributed by atoms with van der Waals surface area (Å²) in [6.45, 7) is 4.90. The van der Waals surface area contributed by atoms with Crippen LogP contribution in [0, 0.1) is 28.4 Å². The first kappa shape index (κ1) is 37.1. The molecular formula is C35H34Cl2F5N3O3. The number of nitrogens with two attached hydrogens (primary N) is 1. The van der Waals surface area contributed by atoms with Gasteiger partial charge in [0.2, 0.25) is 5.91 Å². The Morgan fingerprint density at radius 1 is 1.04 bits per heavy atom. The summed E-state index contributed by atoms with van der Waals surface area (Å²) in [7, 11) is 0. The highest BCUT2D eigenvalue weighted by molar-refractivity contribution is 6.31. The van der Waals surface area contributed by atoms with Gasteiger partial charge in [-0.25, -0.2) is 13.6 Å². The maximum Gasteiger partial charge on any atom is 0.490 e. The second-order valence-corrected chi connectivity index (χ2v) is 13.9. The van der Waals surface area contributed by atoms with E-state index in [1.165, 1.54) is 30.3 Å². The van der Waals surface area contributed by atoms with Crippen molar-refractivity contribution in [3.05, 3.63) is 105 Å². The van der Waals surface area contributed by atoms with Crippen LogP contribution in [-0.2, 0) is 21.4 Å². The molecule has 13 heteroatoms. The summed E-state index contributed by atoms with van der Waals surface area (Å²) in [6, 6.07) is 14.5. The lowest BCUT2D eigenvalue weighted by molar-refractivity contribution is -0.201. The van der Waals surface area contributed by atoms with Crippen LogP contribution in [0.5, 0.6) is 0 Å². The number of hydrogen-bond acceptors (Lipinski definition) is 5. The number of carbonyl (C=O) groups excluding carboxylic acids is 2. The van der Waals surface area contributed by atoms with E-state index >= 15 is 8.78 Å². The van der Waals surface area contributed by atoms with Crippen LogP contribution in [0.15, 0.2) is 60.7 Å². The predicted octanol–water partition coefficient (Wildman–Crippen LogP) is 8.14. The molecule has 0 radical (unpaired) electrons. The van der Waals surface area contributed by atoms with E-state index in [2.05, 4.69) is 6.07 Å². The number of rotatable bonds is 10. The first-order chi connectivity index (χ1) is 22.4. The summed E-state index contributed by atoms with van der Waals surface area (Å²) < 4.78 is 77.1. The van der Waals surface area contributed by atoms with Crippen molar-refractivity contribution in [2.45, 2.75) is 69.6 Å². The molecule has 0 spiro atoms. The van der Waals surface area contributed by atoms with Crippen molar-refractivity contribution >= 4 is 35.1 Å². The SMILES string of the molecule is CC(C)(C)C[C@@H]1N(CCCc2ccc(C(N)=O)cc2)[C@@H](COC(=O)C(F)(F)F)[C@H](c2cccc(Cl)c2F)[C@@]1(C#N)c1ccc(Cl)cc1F. The van der Waals surface area contributed by atoms with E-state index in [0.717, 1.165) is 11.6 Å². The monoisotopic (exact) mass is 709 g/mol. The lowest BCUT2D eigenvalue weighted by atomic mass is 9.62. The first-order valence-electron chi connectivity index (χ1n) is 15.1. The van der Waals surface area contributed by atoms with Gasteiger partial charge in [0.25, 0.3) is 0 Å². The molecule has 4 rings (SSSR count). The molecule has 0 saturated carbocycles. The average Bonchev–Trinajstić information content (AvgIpc) is 3.24. The number of alkyl halides is 3. The van der Waals surface area contributed by atoms with E-state index < -0.39 is 65.1 Å². The number of likely N-dealkylation sites (tertiary alicyclic amines) is 1. The molecule has 0 bridgehead atoms. The lowest BCUT2D eigenvalue weighted by Gasteiger charge is -2.39. The fourth-order valence-corrected chi connectivity index (χ4v) is 7.04. The summed E-state index contributed by atoms with van der Waals surface area (Å²) in [6.07, 6.45) is -4.32. The number of carbonyl (C=O) groups is 2. The van der Waals surface area contributed by atoms with E-state index in [1.54, 1.807) is 29.2 Å². The molecule has 0 aromatic heterocycles.